The third-order valence-corrected chi connectivity index (χ3v) is 7.21. The summed E-state index contributed by atoms with van der Waals surface area (Å²) in [6.45, 7) is 5.02. The standard InChI is InChI=1S/C20H23FN6O2S/c1-4-26-12-17(24-14(26)2)30(28,29)25(3)16-10-27(11-16)20-18(21)19(22-13-23-20)15-8-6-5-7-9-15/h5-9,12-13,16H,4,10-11H2,1-3H3. The van der Waals surface area contributed by atoms with Gasteiger partial charge in [-0.25, -0.2) is 27.8 Å². The number of sulfonamides is 1. The van der Waals surface area contributed by atoms with Crippen molar-refractivity contribution < 1.29 is 12.8 Å². The van der Waals surface area contributed by atoms with Crippen LogP contribution in [0.5, 0.6) is 0 Å². The molecule has 2 aromatic heterocycles. The molecule has 158 valence electrons. The molecule has 0 spiro atoms. The fourth-order valence-electron chi connectivity index (χ4n) is 3.50. The van der Waals surface area contributed by atoms with Gasteiger partial charge in [0.15, 0.2) is 16.7 Å². The summed E-state index contributed by atoms with van der Waals surface area (Å²) in [5.41, 5.74) is 0.892. The lowest BCUT2D eigenvalue weighted by Crippen LogP contribution is -2.60. The Morgan fingerprint density at radius 3 is 2.53 bits per heavy atom. The summed E-state index contributed by atoms with van der Waals surface area (Å²) in [5.74, 6) is 0.318. The number of nitrogens with zero attached hydrogens (tertiary/aromatic N) is 6. The van der Waals surface area contributed by atoms with E-state index in [-0.39, 0.29) is 22.6 Å². The quantitative estimate of drug-likeness (QED) is 0.597. The monoisotopic (exact) mass is 430 g/mol. The molecule has 0 bridgehead atoms. The minimum atomic E-state index is -3.73. The van der Waals surface area contributed by atoms with E-state index in [0.29, 0.717) is 31.0 Å². The maximum absolute atomic E-state index is 15.0. The molecule has 0 amide bonds. The smallest absolute Gasteiger partial charge is 0.262 e. The zero-order valence-corrected chi connectivity index (χ0v) is 17.8. The highest BCUT2D eigenvalue weighted by Crippen LogP contribution is 2.30. The molecular weight excluding hydrogens is 407 g/mol. The van der Waals surface area contributed by atoms with Gasteiger partial charge < -0.3 is 9.47 Å². The van der Waals surface area contributed by atoms with Crippen LogP contribution in [0.25, 0.3) is 11.3 Å². The number of imidazole rings is 1. The fourth-order valence-corrected chi connectivity index (χ4v) is 4.83. The Morgan fingerprint density at radius 1 is 1.20 bits per heavy atom. The van der Waals surface area contributed by atoms with Gasteiger partial charge in [-0.15, -0.1) is 0 Å². The van der Waals surface area contributed by atoms with Crippen LogP contribution in [0.15, 0.2) is 47.9 Å². The van der Waals surface area contributed by atoms with E-state index in [1.165, 1.54) is 17.7 Å². The zero-order valence-electron chi connectivity index (χ0n) is 17.0. The van der Waals surface area contributed by atoms with E-state index < -0.39 is 15.8 Å². The Bertz CT molecular complexity index is 1160. The van der Waals surface area contributed by atoms with Gasteiger partial charge in [0.25, 0.3) is 10.0 Å². The van der Waals surface area contributed by atoms with Crippen molar-refractivity contribution in [2.45, 2.75) is 31.5 Å². The molecule has 30 heavy (non-hydrogen) atoms. The first-order valence-corrected chi connectivity index (χ1v) is 11.1. The number of aryl methyl sites for hydroxylation is 2. The first-order valence-electron chi connectivity index (χ1n) is 9.65. The van der Waals surface area contributed by atoms with Crippen LogP contribution < -0.4 is 4.90 Å². The maximum atomic E-state index is 15.0. The SMILES string of the molecule is CCn1cc(S(=O)(=O)N(C)C2CN(c3ncnc(-c4ccccc4)c3F)C2)nc1C. The van der Waals surface area contributed by atoms with Gasteiger partial charge >= 0.3 is 0 Å². The van der Waals surface area contributed by atoms with Crippen molar-refractivity contribution in [3.8, 4) is 11.3 Å². The van der Waals surface area contributed by atoms with Crippen LogP contribution in [0.4, 0.5) is 10.2 Å². The molecule has 1 aliphatic heterocycles. The fraction of sp³-hybridized carbons (Fsp3) is 0.350. The van der Waals surface area contributed by atoms with E-state index in [1.807, 2.05) is 25.1 Å². The summed E-state index contributed by atoms with van der Waals surface area (Å²) in [4.78, 5) is 14.1. The summed E-state index contributed by atoms with van der Waals surface area (Å²) < 4.78 is 44.0. The van der Waals surface area contributed by atoms with E-state index in [1.54, 1.807) is 34.7 Å². The van der Waals surface area contributed by atoms with Crippen LogP contribution in [-0.4, -0.2) is 58.4 Å². The molecule has 0 atom stereocenters. The van der Waals surface area contributed by atoms with E-state index in [9.17, 15) is 8.42 Å². The summed E-state index contributed by atoms with van der Waals surface area (Å²) >= 11 is 0. The molecule has 4 rings (SSSR count). The van der Waals surface area contributed by atoms with Gasteiger partial charge in [0.1, 0.15) is 17.8 Å². The second kappa shape index (κ2) is 7.77. The molecule has 1 aliphatic rings. The predicted octanol–water partition coefficient (Wildman–Crippen LogP) is 2.32. The van der Waals surface area contributed by atoms with E-state index in [2.05, 4.69) is 15.0 Å². The molecule has 3 heterocycles. The van der Waals surface area contributed by atoms with Gasteiger partial charge in [-0.05, 0) is 13.8 Å². The van der Waals surface area contributed by atoms with Crippen LogP contribution in [-0.2, 0) is 16.6 Å². The highest BCUT2D eigenvalue weighted by molar-refractivity contribution is 7.89. The first-order chi connectivity index (χ1) is 14.3. The lowest BCUT2D eigenvalue weighted by molar-refractivity contribution is 0.306. The van der Waals surface area contributed by atoms with Gasteiger partial charge in [-0.3, -0.25) is 0 Å². The predicted molar refractivity (Wildman–Crippen MR) is 111 cm³/mol. The third-order valence-electron chi connectivity index (χ3n) is 5.43. The van der Waals surface area contributed by atoms with Gasteiger partial charge in [-0.1, -0.05) is 30.3 Å². The Balaban J connectivity index is 1.51. The number of likely N-dealkylation sites (N-methyl/N-ethyl adjacent to an activating group) is 1. The molecule has 0 aliphatic carbocycles. The Hall–Kier alpha value is -2.85. The van der Waals surface area contributed by atoms with Crippen molar-refractivity contribution in [1.82, 2.24) is 23.8 Å². The number of anilines is 1. The summed E-state index contributed by atoms with van der Waals surface area (Å²) in [6, 6.07) is 8.76. The van der Waals surface area contributed by atoms with Gasteiger partial charge in [-0.2, -0.15) is 4.31 Å². The number of benzene rings is 1. The third kappa shape index (κ3) is 3.46. The number of rotatable bonds is 6. The normalized spacial score (nSPS) is 14.9. The number of hydrogen-bond acceptors (Lipinski definition) is 6. The van der Waals surface area contributed by atoms with Gasteiger partial charge in [0.05, 0.1) is 6.04 Å². The zero-order chi connectivity index (χ0) is 21.5. The van der Waals surface area contributed by atoms with E-state index in [4.69, 9.17) is 0 Å². The van der Waals surface area contributed by atoms with Crippen LogP contribution in [0.3, 0.4) is 0 Å². The number of aromatic nitrogens is 4. The Labute approximate surface area is 175 Å². The van der Waals surface area contributed by atoms with E-state index in [0.717, 1.165) is 0 Å². The van der Waals surface area contributed by atoms with E-state index >= 15 is 4.39 Å². The number of halogens is 1. The second-order valence-electron chi connectivity index (χ2n) is 7.22. The lowest BCUT2D eigenvalue weighted by Gasteiger charge is -2.43. The Kier molecular flexibility index (Phi) is 5.29. The average Bonchev–Trinajstić information content (AvgIpc) is 3.10. The van der Waals surface area contributed by atoms with Crippen molar-refractivity contribution in [3.05, 3.63) is 54.5 Å². The molecule has 0 radical (unpaired) electrons. The van der Waals surface area contributed by atoms with Gasteiger partial charge in [0, 0.05) is 38.4 Å². The lowest BCUT2D eigenvalue weighted by atomic mass is 10.1. The van der Waals surface area contributed by atoms with Crippen LogP contribution >= 0.6 is 0 Å². The van der Waals surface area contributed by atoms with Crippen LogP contribution in [0.1, 0.15) is 12.7 Å². The number of hydrogen-bond donors (Lipinski definition) is 0. The minimum absolute atomic E-state index is 0.0300. The van der Waals surface area contributed by atoms with Crippen LogP contribution in [0, 0.1) is 12.7 Å². The van der Waals surface area contributed by atoms with Crippen molar-refractivity contribution in [2.75, 3.05) is 25.0 Å². The topological polar surface area (TPSA) is 84.2 Å². The maximum Gasteiger partial charge on any atom is 0.262 e. The van der Waals surface area contributed by atoms with Crippen LogP contribution in [0.2, 0.25) is 0 Å². The second-order valence-corrected chi connectivity index (χ2v) is 9.16. The highest BCUT2D eigenvalue weighted by Gasteiger charge is 2.39. The van der Waals surface area contributed by atoms with Crippen molar-refractivity contribution in [3.63, 3.8) is 0 Å². The molecule has 0 unspecified atom stereocenters. The van der Waals surface area contributed by atoms with Crippen molar-refractivity contribution in [1.29, 1.82) is 0 Å². The van der Waals surface area contributed by atoms with Gasteiger partial charge in [0.2, 0.25) is 0 Å². The molecule has 0 saturated carbocycles. The molecule has 10 heteroatoms. The molecule has 1 aromatic carbocycles. The summed E-state index contributed by atoms with van der Waals surface area (Å²) in [6.07, 6.45) is 2.88. The van der Waals surface area contributed by atoms with Crippen molar-refractivity contribution >= 4 is 15.8 Å². The Morgan fingerprint density at radius 2 is 1.90 bits per heavy atom. The molecule has 0 N–H and O–H groups in total. The molecule has 3 aromatic rings. The molecule has 8 nitrogen and oxygen atoms in total. The average molecular weight is 431 g/mol. The molecule has 1 fully saturated rings. The summed E-state index contributed by atoms with van der Waals surface area (Å²) in [5, 5.41) is 0.0300. The first kappa shape index (κ1) is 20.4. The molecular formula is C20H23FN6O2S. The highest BCUT2D eigenvalue weighted by atomic mass is 32.2. The van der Waals surface area contributed by atoms with Crippen molar-refractivity contribution in [2.24, 2.45) is 0 Å². The molecule has 1 saturated heterocycles. The summed E-state index contributed by atoms with van der Waals surface area (Å²) in [7, 11) is -2.20. The minimum Gasteiger partial charge on any atom is -0.351 e. The largest absolute Gasteiger partial charge is 0.351 e.